The van der Waals surface area contributed by atoms with Gasteiger partial charge in [0.25, 0.3) is 5.91 Å². The van der Waals surface area contributed by atoms with E-state index in [4.69, 9.17) is 4.52 Å². The molecule has 0 unspecified atom stereocenters. The lowest BCUT2D eigenvalue weighted by atomic mass is 10.1. The number of nitrogens with zero attached hydrogens (tertiary/aromatic N) is 2. The molecule has 0 bridgehead atoms. The summed E-state index contributed by atoms with van der Waals surface area (Å²) in [5, 5.41) is 6.76. The molecule has 1 aromatic heterocycles. The van der Waals surface area contributed by atoms with Crippen LogP contribution in [-0.4, -0.2) is 43.1 Å². The molecule has 1 aromatic rings. The molecule has 0 radical (unpaired) electrons. The van der Waals surface area contributed by atoms with Crippen molar-refractivity contribution in [3.63, 3.8) is 0 Å². The molecule has 1 heterocycles. The largest absolute Gasteiger partial charge is 0.361 e. The van der Waals surface area contributed by atoms with Crippen molar-refractivity contribution >= 4 is 5.91 Å². The standard InChI is InChI=1S/C12H21N3O2/c1-5-10-11(9(2)17-14-10)12(16)13-7-6-8-15(3)4/h5-8H2,1-4H3,(H,13,16). The Balaban J connectivity index is 2.49. The molecule has 5 nitrogen and oxygen atoms in total. The normalized spacial score (nSPS) is 10.9. The smallest absolute Gasteiger partial charge is 0.256 e. The quantitative estimate of drug-likeness (QED) is 0.758. The van der Waals surface area contributed by atoms with Crippen LogP contribution in [0, 0.1) is 6.92 Å². The molecule has 96 valence electrons. The predicted molar refractivity (Wildman–Crippen MR) is 66.1 cm³/mol. The zero-order valence-corrected chi connectivity index (χ0v) is 11.0. The minimum atomic E-state index is -0.0839. The molecule has 5 heteroatoms. The van der Waals surface area contributed by atoms with Crippen LogP contribution in [-0.2, 0) is 6.42 Å². The zero-order chi connectivity index (χ0) is 12.8. The number of hydrogen-bond donors (Lipinski definition) is 1. The number of nitrogens with one attached hydrogen (secondary N) is 1. The third kappa shape index (κ3) is 3.85. The van der Waals surface area contributed by atoms with Crippen molar-refractivity contribution in [2.75, 3.05) is 27.2 Å². The van der Waals surface area contributed by atoms with E-state index in [-0.39, 0.29) is 5.91 Å². The average molecular weight is 239 g/mol. The minimum absolute atomic E-state index is 0.0839. The summed E-state index contributed by atoms with van der Waals surface area (Å²) in [6.07, 6.45) is 1.64. The van der Waals surface area contributed by atoms with Crippen molar-refractivity contribution in [1.29, 1.82) is 0 Å². The van der Waals surface area contributed by atoms with Gasteiger partial charge in [-0.25, -0.2) is 0 Å². The van der Waals surface area contributed by atoms with Crippen molar-refractivity contribution in [3.05, 3.63) is 17.0 Å². The van der Waals surface area contributed by atoms with E-state index in [1.807, 2.05) is 21.0 Å². The van der Waals surface area contributed by atoms with Crippen LogP contribution < -0.4 is 5.32 Å². The maximum atomic E-state index is 11.9. The predicted octanol–water partition coefficient (Wildman–Crippen LogP) is 1.23. The van der Waals surface area contributed by atoms with Gasteiger partial charge in [-0.2, -0.15) is 0 Å². The van der Waals surface area contributed by atoms with Crippen molar-refractivity contribution in [2.45, 2.75) is 26.7 Å². The summed E-state index contributed by atoms with van der Waals surface area (Å²) in [5.41, 5.74) is 1.32. The molecular formula is C12H21N3O2. The zero-order valence-electron chi connectivity index (χ0n) is 11.0. The highest BCUT2D eigenvalue weighted by Gasteiger charge is 2.18. The van der Waals surface area contributed by atoms with Gasteiger partial charge in [0.05, 0.1) is 5.69 Å². The van der Waals surface area contributed by atoms with E-state index in [0.29, 0.717) is 24.3 Å². The molecule has 1 amide bonds. The van der Waals surface area contributed by atoms with E-state index in [9.17, 15) is 4.79 Å². The van der Waals surface area contributed by atoms with Crippen molar-refractivity contribution in [3.8, 4) is 0 Å². The van der Waals surface area contributed by atoms with Gasteiger partial charge in [0, 0.05) is 6.54 Å². The van der Waals surface area contributed by atoms with Crippen LogP contribution in [0.1, 0.15) is 35.2 Å². The average Bonchev–Trinajstić information content (AvgIpc) is 2.65. The third-order valence-corrected chi connectivity index (χ3v) is 2.56. The Morgan fingerprint density at radius 2 is 2.18 bits per heavy atom. The highest BCUT2D eigenvalue weighted by atomic mass is 16.5. The van der Waals surface area contributed by atoms with Gasteiger partial charge in [-0.3, -0.25) is 4.79 Å². The number of hydrogen-bond acceptors (Lipinski definition) is 4. The Labute approximate surface area is 102 Å². The molecule has 0 saturated carbocycles. The van der Waals surface area contributed by atoms with Crippen molar-refractivity contribution < 1.29 is 9.32 Å². The maximum absolute atomic E-state index is 11.9. The second-order valence-corrected chi connectivity index (χ2v) is 4.33. The highest BCUT2D eigenvalue weighted by Crippen LogP contribution is 2.13. The van der Waals surface area contributed by atoms with Gasteiger partial charge in [-0.05, 0) is 40.4 Å². The first kappa shape index (κ1) is 13.7. The summed E-state index contributed by atoms with van der Waals surface area (Å²) < 4.78 is 5.03. The number of aryl methyl sites for hydroxylation is 2. The number of carbonyl (C=O) groups is 1. The minimum Gasteiger partial charge on any atom is -0.361 e. The SMILES string of the molecule is CCc1noc(C)c1C(=O)NCCCN(C)C. The Hall–Kier alpha value is -1.36. The van der Waals surface area contributed by atoms with Crippen LogP contribution in [0.15, 0.2) is 4.52 Å². The monoisotopic (exact) mass is 239 g/mol. The highest BCUT2D eigenvalue weighted by molar-refractivity contribution is 5.96. The summed E-state index contributed by atoms with van der Waals surface area (Å²) in [5.74, 6) is 0.506. The van der Waals surface area contributed by atoms with Crippen LogP contribution in [0.25, 0.3) is 0 Å². The summed E-state index contributed by atoms with van der Waals surface area (Å²) in [6.45, 7) is 5.36. The Bertz CT molecular complexity index is 372. The number of rotatable bonds is 6. The number of carbonyl (C=O) groups excluding carboxylic acids is 1. The first-order valence-corrected chi connectivity index (χ1v) is 5.94. The maximum Gasteiger partial charge on any atom is 0.256 e. The van der Waals surface area contributed by atoms with Crippen molar-refractivity contribution in [2.24, 2.45) is 0 Å². The Morgan fingerprint density at radius 1 is 1.47 bits per heavy atom. The van der Waals surface area contributed by atoms with Gasteiger partial charge in [0.1, 0.15) is 11.3 Å². The van der Waals surface area contributed by atoms with Gasteiger partial charge in [0.2, 0.25) is 0 Å². The number of aromatic nitrogens is 1. The fourth-order valence-corrected chi connectivity index (χ4v) is 1.64. The summed E-state index contributed by atoms with van der Waals surface area (Å²) in [6, 6.07) is 0. The molecular weight excluding hydrogens is 218 g/mol. The fourth-order valence-electron chi connectivity index (χ4n) is 1.64. The molecule has 0 aliphatic carbocycles. The first-order valence-electron chi connectivity index (χ1n) is 5.94. The van der Waals surface area contributed by atoms with Gasteiger partial charge in [0.15, 0.2) is 0 Å². The lowest BCUT2D eigenvalue weighted by Gasteiger charge is -2.09. The topological polar surface area (TPSA) is 58.4 Å². The molecule has 0 aliphatic heterocycles. The van der Waals surface area contributed by atoms with Gasteiger partial charge >= 0.3 is 0 Å². The van der Waals surface area contributed by atoms with Crippen LogP contribution >= 0.6 is 0 Å². The van der Waals surface area contributed by atoms with E-state index in [1.54, 1.807) is 6.92 Å². The van der Waals surface area contributed by atoms with Crippen LogP contribution in [0.4, 0.5) is 0 Å². The lowest BCUT2D eigenvalue weighted by molar-refractivity contribution is 0.0950. The van der Waals surface area contributed by atoms with Crippen LogP contribution in [0.5, 0.6) is 0 Å². The lowest BCUT2D eigenvalue weighted by Crippen LogP contribution is -2.28. The van der Waals surface area contributed by atoms with E-state index < -0.39 is 0 Å². The molecule has 0 saturated heterocycles. The molecule has 0 aliphatic rings. The van der Waals surface area contributed by atoms with Gasteiger partial charge in [-0.15, -0.1) is 0 Å². The van der Waals surface area contributed by atoms with E-state index in [0.717, 1.165) is 18.7 Å². The third-order valence-electron chi connectivity index (χ3n) is 2.56. The Kier molecular flexibility index (Phi) is 5.15. The summed E-state index contributed by atoms with van der Waals surface area (Å²) >= 11 is 0. The second-order valence-electron chi connectivity index (χ2n) is 4.33. The van der Waals surface area contributed by atoms with E-state index in [2.05, 4.69) is 15.4 Å². The van der Waals surface area contributed by atoms with Gasteiger partial charge < -0.3 is 14.7 Å². The molecule has 1 N–H and O–H groups in total. The number of amides is 1. The molecule has 17 heavy (non-hydrogen) atoms. The molecule has 0 fully saturated rings. The molecule has 0 atom stereocenters. The molecule has 1 rings (SSSR count). The molecule has 0 spiro atoms. The van der Waals surface area contributed by atoms with Crippen LogP contribution in [0.3, 0.4) is 0 Å². The Morgan fingerprint density at radius 3 is 2.76 bits per heavy atom. The van der Waals surface area contributed by atoms with E-state index >= 15 is 0 Å². The van der Waals surface area contributed by atoms with Crippen molar-refractivity contribution in [1.82, 2.24) is 15.4 Å². The fraction of sp³-hybridized carbons (Fsp3) is 0.667. The summed E-state index contributed by atoms with van der Waals surface area (Å²) in [4.78, 5) is 14.0. The van der Waals surface area contributed by atoms with Crippen LogP contribution in [0.2, 0.25) is 0 Å². The summed E-state index contributed by atoms with van der Waals surface area (Å²) in [7, 11) is 4.03. The van der Waals surface area contributed by atoms with E-state index in [1.165, 1.54) is 0 Å². The molecule has 0 aromatic carbocycles. The van der Waals surface area contributed by atoms with Gasteiger partial charge in [-0.1, -0.05) is 12.1 Å². The first-order chi connectivity index (χ1) is 8.06. The second kappa shape index (κ2) is 6.39.